The number of pyridine rings is 1. The highest BCUT2D eigenvalue weighted by Crippen LogP contribution is 2.37. The molecule has 0 N–H and O–H groups in total. The molecule has 1 unspecified atom stereocenters. The van der Waals surface area contributed by atoms with Crippen LogP contribution in [0.2, 0.25) is 0 Å². The van der Waals surface area contributed by atoms with Crippen LogP contribution in [-0.2, 0) is 16.0 Å². The van der Waals surface area contributed by atoms with Gasteiger partial charge in [-0.05, 0) is 42.9 Å². The van der Waals surface area contributed by atoms with Gasteiger partial charge in [-0.1, -0.05) is 6.42 Å². The molecular weight excluding hydrogens is 320 g/mol. The number of aromatic nitrogens is 1. The average Bonchev–Trinajstić information content (AvgIpc) is 3.05. The highest BCUT2D eigenvalue weighted by Gasteiger charge is 2.33. The minimum absolute atomic E-state index is 0.0147. The van der Waals surface area contributed by atoms with Crippen molar-refractivity contribution < 1.29 is 14.3 Å². The third kappa shape index (κ3) is 2.94. The highest BCUT2D eigenvalue weighted by atomic mass is 16.5. The number of azo groups is 1. The molecule has 3 aliphatic rings. The van der Waals surface area contributed by atoms with E-state index >= 15 is 0 Å². The van der Waals surface area contributed by atoms with Crippen molar-refractivity contribution in [2.45, 2.75) is 44.9 Å². The largest absolute Gasteiger partial charge is 0.711 e. The fraction of sp³-hybridized carbons (Fsp3) is 0.500. The fourth-order valence-corrected chi connectivity index (χ4v) is 3.93. The molecule has 1 aliphatic carbocycles. The molecule has 1 saturated heterocycles. The molecule has 7 heteroatoms. The van der Waals surface area contributed by atoms with Gasteiger partial charge < -0.3 is 5.21 Å². The van der Waals surface area contributed by atoms with E-state index in [1.165, 1.54) is 6.20 Å². The number of anilines is 1. The van der Waals surface area contributed by atoms with Gasteiger partial charge in [-0.15, -0.1) is 5.11 Å². The quantitative estimate of drug-likeness (QED) is 0.625. The second-order valence-electron chi connectivity index (χ2n) is 6.85. The molecule has 2 fully saturated rings. The Morgan fingerprint density at radius 3 is 2.88 bits per heavy atom. The Labute approximate surface area is 145 Å². The van der Waals surface area contributed by atoms with Crippen molar-refractivity contribution >= 4 is 17.6 Å². The first-order valence-corrected chi connectivity index (χ1v) is 8.83. The normalized spacial score (nSPS) is 23.4. The lowest BCUT2D eigenvalue weighted by atomic mass is 9.81. The molecule has 0 bridgehead atoms. The molecule has 2 amide bonds. The lowest BCUT2D eigenvalue weighted by Gasteiger charge is -2.26. The Hall–Kier alpha value is -2.57. The van der Waals surface area contributed by atoms with Crippen LogP contribution in [0.3, 0.4) is 0 Å². The monoisotopic (exact) mass is 340 g/mol. The molecule has 7 nitrogen and oxygen atoms in total. The van der Waals surface area contributed by atoms with Gasteiger partial charge in [-0.3, -0.25) is 4.79 Å². The Balaban J connectivity index is 1.63. The number of fused-ring (bicyclic) bond motifs is 1. The molecular formula is C18H20N4O3. The van der Waals surface area contributed by atoms with Gasteiger partial charge in [-0.2, -0.15) is 10.0 Å². The van der Waals surface area contributed by atoms with E-state index in [1.807, 2.05) is 0 Å². The van der Waals surface area contributed by atoms with Gasteiger partial charge in [0.05, 0.1) is 30.8 Å². The van der Waals surface area contributed by atoms with Crippen LogP contribution in [0.5, 0.6) is 0 Å². The molecule has 1 aromatic heterocycles. The Morgan fingerprint density at radius 2 is 2.08 bits per heavy atom. The number of hydrogen-bond acceptors (Lipinski definition) is 4. The van der Waals surface area contributed by atoms with Gasteiger partial charge in [0.2, 0.25) is 0 Å². The molecule has 1 atom stereocenters. The zero-order valence-corrected chi connectivity index (χ0v) is 14.0. The zero-order chi connectivity index (χ0) is 17.4. The summed E-state index contributed by atoms with van der Waals surface area (Å²) in [6.45, 7) is 0.578. The van der Waals surface area contributed by atoms with Crippen LogP contribution >= 0.6 is 0 Å². The fourth-order valence-electron chi connectivity index (χ4n) is 3.93. The van der Waals surface area contributed by atoms with Gasteiger partial charge in [0, 0.05) is 12.5 Å². The lowest BCUT2D eigenvalue weighted by molar-refractivity contribution is -0.591. The van der Waals surface area contributed by atoms with E-state index in [4.69, 9.17) is 0 Å². The number of nitrogens with zero attached hydrogens (tertiary/aromatic N) is 4. The maximum absolute atomic E-state index is 12.1. The standard InChI is InChI=1S/C18H20N4O3/c23-17-6-3-8-21(17)16-11-12(7-9-22(16)25)10-15-13-4-1-2-5-14(13)18(24)20-19-15/h7,9,11,14H,1-6,8,10H2. The van der Waals surface area contributed by atoms with Gasteiger partial charge in [0.25, 0.3) is 11.7 Å². The summed E-state index contributed by atoms with van der Waals surface area (Å²) in [5.41, 5.74) is 2.84. The van der Waals surface area contributed by atoms with Crippen molar-refractivity contribution in [2.24, 2.45) is 16.1 Å². The van der Waals surface area contributed by atoms with Crippen LogP contribution in [0.4, 0.5) is 5.82 Å². The predicted molar refractivity (Wildman–Crippen MR) is 89.5 cm³/mol. The van der Waals surface area contributed by atoms with Crippen LogP contribution in [0.1, 0.15) is 44.1 Å². The third-order valence-corrected chi connectivity index (χ3v) is 5.23. The van der Waals surface area contributed by atoms with Crippen molar-refractivity contribution in [2.75, 3.05) is 11.4 Å². The molecule has 1 aromatic rings. The number of rotatable bonds is 3. The van der Waals surface area contributed by atoms with E-state index in [2.05, 4.69) is 10.2 Å². The van der Waals surface area contributed by atoms with E-state index in [9.17, 15) is 14.8 Å². The first kappa shape index (κ1) is 15.9. The van der Waals surface area contributed by atoms with Crippen molar-refractivity contribution in [3.05, 3.63) is 40.4 Å². The molecule has 1 saturated carbocycles. The summed E-state index contributed by atoms with van der Waals surface area (Å²) in [7, 11) is 0. The van der Waals surface area contributed by atoms with Crippen LogP contribution < -0.4 is 9.63 Å². The Kier molecular flexibility index (Phi) is 4.07. The Bertz CT molecular complexity index is 800. The number of carbonyl (C=O) groups is 2. The van der Waals surface area contributed by atoms with Crippen molar-refractivity contribution in [3.8, 4) is 0 Å². The zero-order valence-electron chi connectivity index (χ0n) is 14.0. The Morgan fingerprint density at radius 1 is 1.20 bits per heavy atom. The summed E-state index contributed by atoms with van der Waals surface area (Å²) in [5, 5.41) is 20.1. The van der Waals surface area contributed by atoms with Crippen LogP contribution in [-0.4, -0.2) is 18.4 Å². The number of allylic oxidation sites excluding steroid dienone is 1. The molecule has 0 spiro atoms. The second kappa shape index (κ2) is 6.38. The number of hydrogen-bond donors (Lipinski definition) is 0. The topological polar surface area (TPSA) is 89.0 Å². The predicted octanol–water partition coefficient (Wildman–Crippen LogP) is 2.43. The van der Waals surface area contributed by atoms with Crippen LogP contribution in [0, 0.1) is 11.1 Å². The number of carbonyl (C=O) groups excluding carboxylic acids is 2. The molecule has 0 aromatic carbocycles. The van der Waals surface area contributed by atoms with Crippen molar-refractivity contribution in [1.29, 1.82) is 0 Å². The molecule has 2 aliphatic heterocycles. The van der Waals surface area contributed by atoms with Crippen LogP contribution in [0.15, 0.2) is 39.8 Å². The summed E-state index contributed by atoms with van der Waals surface area (Å²) in [6.07, 6.45) is 7.07. The maximum atomic E-state index is 12.1. The summed E-state index contributed by atoms with van der Waals surface area (Å²) in [4.78, 5) is 25.4. The van der Waals surface area contributed by atoms with Gasteiger partial charge >= 0.3 is 5.91 Å². The van der Waals surface area contributed by atoms with E-state index in [-0.39, 0.29) is 17.7 Å². The van der Waals surface area contributed by atoms with E-state index in [1.54, 1.807) is 17.0 Å². The lowest BCUT2D eigenvalue weighted by Crippen LogP contribution is -2.38. The third-order valence-electron chi connectivity index (χ3n) is 5.23. The SMILES string of the molecule is O=C1N=NC(Cc2cc[n+]([O-])c(N3CCCC3=O)c2)=C2CCCCC12. The molecule has 4 rings (SSSR count). The minimum Gasteiger partial charge on any atom is -0.711 e. The van der Waals surface area contributed by atoms with E-state index in [0.29, 0.717) is 25.2 Å². The summed E-state index contributed by atoms with van der Waals surface area (Å²) >= 11 is 0. The van der Waals surface area contributed by atoms with Crippen molar-refractivity contribution in [3.63, 3.8) is 0 Å². The summed E-state index contributed by atoms with van der Waals surface area (Å²) in [5.74, 6) is 0.106. The summed E-state index contributed by atoms with van der Waals surface area (Å²) < 4.78 is 0.736. The number of amides is 2. The average molecular weight is 340 g/mol. The van der Waals surface area contributed by atoms with Gasteiger partial charge in [0.1, 0.15) is 0 Å². The van der Waals surface area contributed by atoms with E-state index in [0.717, 1.165) is 53.7 Å². The second-order valence-corrected chi connectivity index (χ2v) is 6.85. The van der Waals surface area contributed by atoms with E-state index < -0.39 is 0 Å². The molecule has 25 heavy (non-hydrogen) atoms. The highest BCUT2D eigenvalue weighted by molar-refractivity contribution is 5.93. The minimum atomic E-state index is -0.132. The summed E-state index contributed by atoms with van der Waals surface area (Å²) in [6, 6.07) is 3.50. The molecule has 130 valence electrons. The first-order chi connectivity index (χ1) is 12.1. The molecule has 0 radical (unpaired) electrons. The van der Waals surface area contributed by atoms with Gasteiger partial charge in [0.15, 0.2) is 0 Å². The van der Waals surface area contributed by atoms with Gasteiger partial charge in [-0.25, -0.2) is 9.52 Å². The first-order valence-electron chi connectivity index (χ1n) is 8.83. The van der Waals surface area contributed by atoms with Crippen molar-refractivity contribution in [1.82, 2.24) is 0 Å². The van der Waals surface area contributed by atoms with Crippen LogP contribution in [0.25, 0.3) is 0 Å². The smallest absolute Gasteiger partial charge is 0.309 e. The molecule has 3 heterocycles. The maximum Gasteiger partial charge on any atom is 0.309 e.